The molecular weight excluding hydrogens is 380 g/mol. The topological polar surface area (TPSA) is 79.0 Å². The van der Waals surface area contributed by atoms with Crippen molar-refractivity contribution in [2.45, 2.75) is 63.7 Å². The predicted molar refractivity (Wildman–Crippen MR) is 109 cm³/mol. The molecule has 0 N–H and O–H groups in total. The van der Waals surface area contributed by atoms with Gasteiger partial charge in [0, 0.05) is 18.5 Å². The first-order valence-electron chi connectivity index (χ1n) is 9.16. The summed E-state index contributed by atoms with van der Waals surface area (Å²) in [5, 5.41) is 10.6. The van der Waals surface area contributed by atoms with E-state index in [0.29, 0.717) is 11.7 Å². The molecular formula is C19H24N4O2S2. The van der Waals surface area contributed by atoms with E-state index in [-0.39, 0.29) is 17.2 Å². The molecule has 0 saturated carbocycles. The second-order valence-electron chi connectivity index (χ2n) is 7.25. The highest BCUT2D eigenvalue weighted by Crippen LogP contribution is 2.34. The Morgan fingerprint density at radius 2 is 2.11 bits per heavy atom. The fraction of sp³-hybridized carbons (Fsp3) is 0.579. The first kappa shape index (κ1) is 19.9. The maximum absolute atomic E-state index is 13.1. The average molecular weight is 405 g/mol. The third kappa shape index (κ3) is 3.63. The number of aryl methyl sites for hydroxylation is 2. The molecule has 0 aromatic carbocycles. The molecule has 0 unspecified atom stereocenters. The number of hydrogen-bond acceptors (Lipinski definition) is 6. The van der Waals surface area contributed by atoms with Crippen molar-refractivity contribution >= 4 is 39.2 Å². The summed E-state index contributed by atoms with van der Waals surface area (Å²) >= 11 is 2.89. The summed E-state index contributed by atoms with van der Waals surface area (Å²) in [6.45, 7) is 5.85. The van der Waals surface area contributed by atoms with Crippen LogP contribution < -0.4 is 5.56 Å². The van der Waals surface area contributed by atoms with Crippen molar-refractivity contribution in [1.29, 1.82) is 5.26 Å². The second-order valence-corrected chi connectivity index (χ2v) is 9.27. The highest BCUT2D eigenvalue weighted by molar-refractivity contribution is 7.99. The fourth-order valence-electron chi connectivity index (χ4n) is 3.22. The fourth-order valence-corrected chi connectivity index (χ4v) is 5.50. The van der Waals surface area contributed by atoms with E-state index in [9.17, 15) is 14.9 Å². The van der Waals surface area contributed by atoms with Gasteiger partial charge in [0.2, 0.25) is 5.91 Å². The first-order chi connectivity index (χ1) is 12.8. The minimum absolute atomic E-state index is 0.00237. The Balaban J connectivity index is 1.92. The SMILES string of the molecule is CCn1c(SCC(=O)N(C)C(C)(C)C#N)nc2sc3c(c2c1=O)CCCC3. The van der Waals surface area contributed by atoms with E-state index in [1.165, 1.54) is 33.5 Å². The summed E-state index contributed by atoms with van der Waals surface area (Å²) in [6.07, 6.45) is 4.27. The molecule has 144 valence electrons. The van der Waals surface area contributed by atoms with Gasteiger partial charge in [0.25, 0.3) is 5.56 Å². The molecule has 1 aliphatic rings. The number of carbonyl (C=O) groups excluding carboxylic acids is 1. The molecule has 1 amide bonds. The number of nitrogens with zero attached hydrogens (tertiary/aromatic N) is 4. The quantitative estimate of drug-likeness (QED) is 0.565. The Bertz CT molecular complexity index is 984. The Kier molecular flexibility index (Phi) is 5.63. The third-order valence-electron chi connectivity index (χ3n) is 5.17. The van der Waals surface area contributed by atoms with Crippen molar-refractivity contribution in [2.24, 2.45) is 0 Å². The van der Waals surface area contributed by atoms with Gasteiger partial charge in [0.05, 0.1) is 17.2 Å². The molecule has 0 fully saturated rings. The largest absolute Gasteiger partial charge is 0.327 e. The van der Waals surface area contributed by atoms with Crippen LogP contribution in [0.3, 0.4) is 0 Å². The number of hydrogen-bond donors (Lipinski definition) is 0. The van der Waals surface area contributed by atoms with Gasteiger partial charge in [-0.3, -0.25) is 14.2 Å². The lowest BCUT2D eigenvalue weighted by atomic mass is 9.97. The van der Waals surface area contributed by atoms with Crippen molar-refractivity contribution in [3.05, 3.63) is 20.8 Å². The summed E-state index contributed by atoms with van der Waals surface area (Å²) in [4.78, 5) is 33.8. The molecule has 0 aliphatic heterocycles. The molecule has 27 heavy (non-hydrogen) atoms. The van der Waals surface area contributed by atoms with Crippen LogP contribution in [0.15, 0.2) is 9.95 Å². The number of aromatic nitrogens is 2. The zero-order valence-electron chi connectivity index (χ0n) is 16.2. The molecule has 6 nitrogen and oxygen atoms in total. The molecule has 2 heterocycles. The lowest BCUT2D eigenvalue weighted by Crippen LogP contribution is -2.44. The lowest BCUT2D eigenvalue weighted by Gasteiger charge is -2.29. The van der Waals surface area contributed by atoms with Crippen LogP contribution in [0.5, 0.6) is 0 Å². The maximum Gasteiger partial charge on any atom is 0.263 e. The third-order valence-corrected chi connectivity index (χ3v) is 7.31. The molecule has 0 radical (unpaired) electrons. The molecule has 2 aromatic rings. The molecule has 1 aliphatic carbocycles. The van der Waals surface area contributed by atoms with E-state index >= 15 is 0 Å². The zero-order chi connectivity index (χ0) is 19.8. The number of fused-ring (bicyclic) bond motifs is 3. The van der Waals surface area contributed by atoms with E-state index < -0.39 is 5.54 Å². The van der Waals surface area contributed by atoms with Gasteiger partial charge in [-0.1, -0.05) is 11.8 Å². The van der Waals surface area contributed by atoms with Crippen molar-refractivity contribution in [3.63, 3.8) is 0 Å². The predicted octanol–water partition coefficient (Wildman–Crippen LogP) is 3.21. The van der Waals surface area contributed by atoms with Crippen LogP contribution in [0.1, 0.15) is 44.1 Å². The van der Waals surface area contributed by atoms with Gasteiger partial charge in [-0.15, -0.1) is 11.3 Å². The van der Waals surface area contributed by atoms with Crippen molar-refractivity contribution in [1.82, 2.24) is 14.5 Å². The lowest BCUT2D eigenvalue weighted by molar-refractivity contribution is -0.130. The highest BCUT2D eigenvalue weighted by Gasteiger charge is 2.28. The maximum atomic E-state index is 13.1. The monoisotopic (exact) mass is 404 g/mol. The van der Waals surface area contributed by atoms with Crippen LogP contribution in [0.4, 0.5) is 0 Å². The Morgan fingerprint density at radius 3 is 2.78 bits per heavy atom. The van der Waals surface area contributed by atoms with E-state index in [1.54, 1.807) is 36.8 Å². The summed E-state index contributed by atoms with van der Waals surface area (Å²) in [5.41, 5.74) is 0.318. The number of thioether (sulfide) groups is 1. The van der Waals surface area contributed by atoms with Gasteiger partial charge in [-0.2, -0.15) is 5.26 Å². The normalized spacial score (nSPS) is 14.0. The molecule has 8 heteroatoms. The Labute approximate surface area is 167 Å². The standard InChI is InChI=1S/C19H24N4O2S2/c1-5-23-17(25)15-12-8-6-7-9-13(12)27-16(15)21-18(23)26-10-14(24)22(4)19(2,3)11-20/h5-10H2,1-4H3. The zero-order valence-corrected chi connectivity index (χ0v) is 17.8. The van der Waals surface area contributed by atoms with E-state index in [4.69, 9.17) is 4.98 Å². The summed E-state index contributed by atoms with van der Waals surface area (Å²) in [6, 6.07) is 2.13. The van der Waals surface area contributed by atoms with Crippen molar-refractivity contribution < 1.29 is 4.79 Å². The summed E-state index contributed by atoms with van der Waals surface area (Å²) < 4.78 is 1.66. The van der Waals surface area contributed by atoms with Crippen molar-refractivity contribution in [2.75, 3.05) is 12.8 Å². The van der Waals surface area contributed by atoms with Gasteiger partial charge in [-0.25, -0.2) is 4.98 Å². The van der Waals surface area contributed by atoms with Crippen LogP contribution in [0.2, 0.25) is 0 Å². The number of carbonyl (C=O) groups is 1. The van der Waals surface area contributed by atoms with Crippen LogP contribution >= 0.6 is 23.1 Å². The van der Waals surface area contributed by atoms with Crippen LogP contribution in [0, 0.1) is 11.3 Å². The highest BCUT2D eigenvalue weighted by atomic mass is 32.2. The number of rotatable bonds is 5. The van der Waals surface area contributed by atoms with Crippen LogP contribution in [-0.2, 0) is 24.2 Å². The van der Waals surface area contributed by atoms with E-state index in [2.05, 4.69) is 6.07 Å². The number of amides is 1. The van der Waals surface area contributed by atoms with E-state index in [0.717, 1.165) is 29.5 Å². The molecule has 0 bridgehead atoms. The van der Waals surface area contributed by atoms with E-state index in [1.807, 2.05) is 6.92 Å². The molecule has 2 aromatic heterocycles. The van der Waals surface area contributed by atoms with Gasteiger partial charge in [-0.05, 0) is 52.0 Å². The van der Waals surface area contributed by atoms with Gasteiger partial charge >= 0.3 is 0 Å². The molecule has 0 saturated heterocycles. The smallest absolute Gasteiger partial charge is 0.263 e. The van der Waals surface area contributed by atoms with Gasteiger partial charge < -0.3 is 4.90 Å². The molecule has 0 spiro atoms. The molecule has 3 rings (SSSR count). The van der Waals surface area contributed by atoms with Crippen LogP contribution in [-0.4, -0.2) is 38.7 Å². The average Bonchev–Trinajstić information content (AvgIpc) is 3.04. The van der Waals surface area contributed by atoms with Crippen LogP contribution in [0.25, 0.3) is 10.2 Å². The van der Waals surface area contributed by atoms with Crippen molar-refractivity contribution in [3.8, 4) is 6.07 Å². The second kappa shape index (κ2) is 7.64. The minimum Gasteiger partial charge on any atom is -0.327 e. The Morgan fingerprint density at radius 1 is 1.41 bits per heavy atom. The minimum atomic E-state index is -0.869. The summed E-state index contributed by atoms with van der Waals surface area (Å²) in [7, 11) is 1.63. The number of nitriles is 1. The summed E-state index contributed by atoms with van der Waals surface area (Å²) in [5.74, 6) is -0.0148. The van der Waals surface area contributed by atoms with Gasteiger partial charge in [0.15, 0.2) is 5.16 Å². The van der Waals surface area contributed by atoms with Gasteiger partial charge in [0.1, 0.15) is 10.4 Å². The number of thiophene rings is 1. The Hall–Kier alpha value is -1.85. The first-order valence-corrected chi connectivity index (χ1v) is 11.0. The molecule has 0 atom stereocenters.